The molecule has 0 aliphatic rings. The fraction of sp³-hybridized carbons (Fsp3) is 0. The molecule has 1 heteroatoms. The summed E-state index contributed by atoms with van der Waals surface area (Å²) in [4.78, 5) is 0. The first kappa shape index (κ1) is 9.57. The molecule has 2 aromatic rings. The summed E-state index contributed by atoms with van der Waals surface area (Å²) in [5.41, 5.74) is 2.58. The summed E-state index contributed by atoms with van der Waals surface area (Å²) in [7, 11) is 0. The number of hydrogen-bond donors (Lipinski definition) is 0. The Balaban J connectivity index is 2.35. The van der Waals surface area contributed by atoms with E-state index in [1.54, 1.807) is 0 Å². The Morgan fingerprint density at radius 1 is 0.643 bits per heavy atom. The van der Waals surface area contributed by atoms with Gasteiger partial charge >= 0.3 is 95.6 Å². The third kappa shape index (κ3) is 2.09. The Hall–Kier alpha value is -0.976. The SMILES string of the molecule is [Ti+2]=[C](c1ccccc1)c1ccccc1. The number of rotatable bonds is 2. The zero-order valence-electron chi connectivity index (χ0n) is 7.77. The predicted molar refractivity (Wildman–Crippen MR) is 56.1 cm³/mol. The van der Waals surface area contributed by atoms with Crippen molar-refractivity contribution in [2.24, 2.45) is 0 Å². The van der Waals surface area contributed by atoms with E-state index in [2.05, 4.69) is 68.5 Å². The van der Waals surface area contributed by atoms with Crippen molar-refractivity contribution >= 4 is 3.81 Å². The van der Waals surface area contributed by atoms with Gasteiger partial charge in [0, 0.05) is 0 Å². The van der Waals surface area contributed by atoms with Crippen LogP contribution in [0.1, 0.15) is 11.1 Å². The molecular formula is C13H10Ti+2. The molecule has 0 radical (unpaired) electrons. The van der Waals surface area contributed by atoms with Crippen LogP contribution >= 0.6 is 0 Å². The first-order valence-electron chi connectivity index (χ1n) is 4.57. The monoisotopic (exact) mass is 214 g/mol. The second-order valence-electron chi connectivity index (χ2n) is 3.11. The summed E-state index contributed by atoms with van der Waals surface area (Å²) in [6.07, 6.45) is 0. The molecular weight excluding hydrogens is 204 g/mol. The van der Waals surface area contributed by atoms with Crippen LogP contribution in [0, 0.1) is 0 Å². The second-order valence-corrected chi connectivity index (χ2v) is 3.89. The van der Waals surface area contributed by atoms with Gasteiger partial charge in [-0.05, 0) is 0 Å². The van der Waals surface area contributed by atoms with Gasteiger partial charge in [0.2, 0.25) is 0 Å². The van der Waals surface area contributed by atoms with Crippen LogP contribution in [-0.4, -0.2) is 3.81 Å². The van der Waals surface area contributed by atoms with Crippen LogP contribution in [0.3, 0.4) is 0 Å². The average molecular weight is 214 g/mol. The molecule has 0 bridgehead atoms. The summed E-state index contributed by atoms with van der Waals surface area (Å²) in [5, 5.41) is 0. The Bertz CT molecular complexity index is 376. The molecule has 2 rings (SSSR count). The van der Waals surface area contributed by atoms with Crippen LogP contribution in [-0.2, 0) is 20.0 Å². The molecule has 0 amide bonds. The molecule has 0 unspecified atom stereocenters. The van der Waals surface area contributed by atoms with Gasteiger partial charge in [0.15, 0.2) is 0 Å². The number of benzene rings is 2. The standard InChI is InChI=1S/C13H10.Ti/c1-3-7-12(8-4-1)11-13-9-5-2-6-10-13;/h1-10H;/q;+2. The van der Waals surface area contributed by atoms with Crippen molar-refractivity contribution in [2.75, 3.05) is 0 Å². The third-order valence-corrected chi connectivity index (χ3v) is 3.03. The van der Waals surface area contributed by atoms with E-state index in [-0.39, 0.29) is 0 Å². The van der Waals surface area contributed by atoms with Gasteiger partial charge in [-0.3, -0.25) is 0 Å². The van der Waals surface area contributed by atoms with Crippen molar-refractivity contribution in [3.8, 4) is 0 Å². The second kappa shape index (κ2) is 4.50. The summed E-state index contributed by atoms with van der Waals surface area (Å²) in [6, 6.07) is 20.9. The molecule has 14 heavy (non-hydrogen) atoms. The van der Waals surface area contributed by atoms with E-state index in [9.17, 15) is 0 Å². The molecule has 0 N–H and O–H groups in total. The summed E-state index contributed by atoms with van der Waals surface area (Å²) in [6.45, 7) is 0. The van der Waals surface area contributed by atoms with Crippen LogP contribution in [0.25, 0.3) is 0 Å². The van der Waals surface area contributed by atoms with Crippen LogP contribution in [0.15, 0.2) is 60.7 Å². The van der Waals surface area contributed by atoms with E-state index in [0.29, 0.717) is 0 Å². The molecule has 0 saturated carbocycles. The van der Waals surface area contributed by atoms with E-state index in [1.165, 1.54) is 14.9 Å². The molecule has 0 heterocycles. The molecule has 0 aliphatic heterocycles. The molecule has 0 fully saturated rings. The van der Waals surface area contributed by atoms with Gasteiger partial charge in [-0.2, -0.15) is 0 Å². The zero-order chi connectivity index (χ0) is 9.80. The Morgan fingerprint density at radius 2 is 1.00 bits per heavy atom. The van der Waals surface area contributed by atoms with Crippen LogP contribution < -0.4 is 0 Å². The maximum absolute atomic E-state index is 2.16. The Kier molecular flexibility index (Phi) is 3.08. The number of hydrogen-bond acceptors (Lipinski definition) is 0. The normalized spacial score (nSPS) is 9.86. The van der Waals surface area contributed by atoms with E-state index in [1.807, 2.05) is 12.1 Å². The molecule has 2 aromatic carbocycles. The third-order valence-electron chi connectivity index (χ3n) is 2.12. The molecule has 0 aromatic heterocycles. The molecule has 0 atom stereocenters. The van der Waals surface area contributed by atoms with E-state index in [0.717, 1.165) is 0 Å². The summed E-state index contributed by atoms with van der Waals surface area (Å²) < 4.78 is 1.33. The predicted octanol–water partition coefficient (Wildman–Crippen LogP) is 2.80. The van der Waals surface area contributed by atoms with Crippen molar-refractivity contribution in [3.63, 3.8) is 0 Å². The van der Waals surface area contributed by atoms with E-state index >= 15 is 0 Å². The van der Waals surface area contributed by atoms with Crippen LogP contribution in [0.5, 0.6) is 0 Å². The quantitative estimate of drug-likeness (QED) is 0.674. The molecule has 0 saturated heterocycles. The van der Waals surface area contributed by atoms with E-state index in [4.69, 9.17) is 0 Å². The molecule has 0 nitrogen and oxygen atoms in total. The molecule has 0 aliphatic carbocycles. The van der Waals surface area contributed by atoms with Crippen LogP contribution in [0.2, 0.25) is 0 Å². The van der Waals surface area contributed by atoms with Gasteiger partial charge in [0.05, 0.1) is 0 Å². The topological polar surface area (TPSA) is 0 Å². The first-order valence-corrected chi connectivity index (χ1v) is 5.35. The van der Waals surface area contributed by atoms with Crippen molar-refractivity contribution in [2.45, 2.75) is 0 Å². The summed E-state index contributed by atoms with van der Waals surface area (Å²) >= 11 is 2.16. The zero-order valence-corrected chi connectivity index (χ0v) is 9.34. The van der Waals surface area contributed by atoms with Crippen molar-refractivity contribution in [3.05, 3.63) is 71.8 Å². The summed E-state index contributed by atoms with van der Waals surface area (Å²) in [5.74, 6) is 0. The fourth-order valence-corrected chi connectivity index (χ4v) is 1.90. The Labute approximate surface area is 95.5 Å². The van der Waals surface area contributed by atoms with Crippen molar-refractivity contribution < 1.29 is 20.0 Å². The van der Waals surface area contributed by atoms with Crippen molar-refractivity contribution in [1.82, 2.24) is 0 Å². The van der Waals surface area contributed by atoms with Gasteiger partial charge in [-0.25, -0.2) is 0 Å². The molecule has 64 valence electrons. The van der Waals surface area contributed by atoms with Crippen LogP contribution in [0.4, 0.5) is 0 Å². The fourth-order valence-electron chi connectivity index (χ4n) is 1.38. The minimum atomic E-state index is 1.29. The van der Waals surface area contributed by atoms with Gasteiger partial charge < -0.3 is 0 Å². The Morgan fingerprint density at radius 3 is 1.36 bits per heavy atom. The van der Waals surface area contributed by atoms with Crippen molar-refractivity contribution in [1.29, 1.82) is 0 Å². The van der Waals surface area contributed by atoms with E-state index < -0.39 is 0 Å². The average Bonchev–Trinajstić information content (AvgIpc) is 2.30. The van der Waals surface area contributed by atoms with Gasteiger partial charge in [0.1, 0.15) is 0 Å². The first-order chi connectivity index (χ1) is 6.88. The van der Waals surface area contributed by atoms with Gasteiger partial charge in [-0.15, -0.1) is 0 Å². The molecule has 0 spiro atoms. The maximum atomic E-state index is 2.16. The minimum absolute atomic E-state index is 1.29. The van der Waals surface area contributed by atoms with Gasteiger partial charge in [-0.1, -0.05) is 0 Å². The van der Waals surface area contributed by atoms with Gasteiger partial charge in [0.25, 0.3) is 0 Å².